The number of hydrogen-bond acceptors (Lipinski definition) is 12. The largest absolute Gasteiger partial charge is 0.504 e. The van der Waals surface area contributed by atoms with Crippen molar-refractivity contribution in [2.75, 3.05) is 13.4 Å². The summed E-state index contributed by atoms with van der Waals surface area (Å²) in [4.78, 5) is 12.9. The fraction of sp³-hybridized carbons (Fsp3) is 0.452. The Balaban J connectivity index is 1.18. The summed E-state index contributed by atoms with van der Waals surface area (Å²) >= 11 is 6.10. The highest BCUT2D eigenvalue weighted by atomic mass is 35.5. The fourth-order valence-electron chi connectivity index (χ4n) is 5.45. The van der Waals surface area contributed by atoms with Crippen molar-refractivity contribution in [3.8, 4) is 17.2 Å². The zero-order valence-electron chi connectivity index (χ0n) is 24.4. The van der Waals surface area contributed by atoms with Crippen molar-refractivity contribution in [1.82, 2.24) is 5.32 Å². The number of para-hydroxylation sites is 1. The number of fused-ring (bicyclic) bond motifs is 1. The van der Waals surface area contributed by atoms with Crippen LogP contribution in [0.25, 0.3) is 6.08 Å². The van der Waals surface area contributed by atoms with Crippen LogP contribution in [-0.4, -0.2) is 111 Å². The summed E-state index contributed by atoms with van der Waals surface area (Å²) in [5.41, 5.74) is 1.17. The van der Waals surface area contributed by atoms with Crippen molar-refractivity contribution in [3.05, 3.63) is 70.3 Å². The number of carbonyl (C=O) groups excluding carboxylic acids is 1. The summed E-state index contributed by atoms with van der Waals surface area (Å²) in [6.07, 6.45) is -7.78. The van der Waals surface area contributed by atoms with Gasteiger partial charge in [-0.2, -0.15) is 0 Å². The van der Waals surface area contributed by atoms with E-state index in [-0.39, 0.29) is 30.5 Å². The number of nitrogens with one attached hydrogen (secondary N) is 1. The average Bonchev–Trinajstić information content (AvgIpc) is 3.62. The second-order valence-corrected chi connectivity index (χ2v) is 11.5. The van der Waals surface area contributed by atoms with E-state index >= 15 is 0 Å². The van der Waals surface area contributed by atoms with Gasteiger partial charge in [-0.15, -0.1) is 0 Å². The maximum Gasteiger partial charge on any atom is 0.247 e. The molecular formula is C31H36ClNO12. The first-order valence-electron chi connectivity index (χ1n) is 14.3. The number of ether oxygens (including phenoxy) is 5. The van der Waals surface area contributed by atoms with Crippen LogP contribution in [0, 0.1) is 0 Å². The summed E-state index contributed by atoms with van der Waals surface area (Å²) in [6, 6.07) is 10.0. The second-order valence-electron chi connectivity index (χ2n) is 11.1. The van der Waals surface area contributed by atoms with E-state index in [4.69, 9.17) is 35.3 Å². The quantitative estimate of drug-likeness (QED) is 0.148. The van der Waals surface area contributed by atoms with Crippen molar-refractivity contribution in [2.45, 2.75) is 75.0 Å². The van der Waals surface area contributed by atoms with Gasteiger partial charge in [0.25, 0.3) is 0 Å². The molecule has 45 heavy (non-hydrogen) atoms. The minimum atomic E-state index is -1.49. The molecule has 14 heteroatoms. The smallest absolute Gasteiger partial charge is 0.247 e. The van der Waals surface area contributed by atoms with E-state index < -0.39 is 67.1 Å². The molecule has 0 aromatic heterocycles. The van der Waals surface area contributed by atoms with Crippen molar-refractivity contribution in [3.63, 3.8) is 0 Å². The molecule has 1 saturated carbocycles. The summed E-state index contributed by atoms with van der Waals surface area (Å²) in [7, 11) is 0. The molecule has 1 amide bonds. The molecule has 7 N–H and O–H groups in total. The number of phenolic OH excluding ortho intramolecular Hbond substituents is 1. The number of carbonyl (C=O) groups is 1. The lowest BCUT2D eigenvalue weighted by Gasteiger charge is -2.41. The molecule has 2 aromatic rings. The number of hydrogen-bond donors (Lipinski definition) is 7. The Morgan fingerprint density at radius 3 is 2.38 bits per heavy atom. The highest BCUT2D eigenvalue weighted by Gasteiger charge is 2.53. The van der Waals surface area contributed by atoms with Gasteiger partial charge in [-0.05, 0) is 61.4 Å². The molecule has 2 saturated heterocycles. The van der Waals surface area contributed by atoms with Crippen LogP contribution < -0.4 is 14.8 Å². The standard InChI is InChI=1S/C31H36ClNO12/c1-14(9-10-41-19-6-4-3-5-17(19)32)27-25(38)26(39)31(45-27)44-20-8-7-16(12-18(20)34)11-15(2)30(40)33-21-22(35)24(37)29-28(23(21)36)42-13-43-29/h3-9,11-12,21-29,31,34-39H,10,13H2,1-2H3,(H,33,40)/t21-,22+,23-,24-,25+,26+,27-,28+,29-,31-/m1/s1. The lowest BCUT2D eigenvalue weighted by Crippen LogP contribution is -2.67. The number of aliphatic hydroxyl groups excluding tert-OH is 5. The number of aromatic hydroxyl groups is 1. The first-order chi connectivity index (χ1) is 21.5. The van der Waals surface area contributed by atoms with Gasteiger partial charge in [0.1, 0.15) is 68.0 Å². The lowest BCUT2D eigenvalue weighted by atomic mass is 9.83. The van der Waals surface area contributed by atoms with Crippen molar-refractivity contribution in [2.24, 2.45) is 0 Å². The maximum absolute atomic E-state index is 12.9. The summed E-state index contributed by atoms with van der Waals surface area (Å²) < 4.78 is 27.6. The van der Waals surface area contributed by atoms with Crippen LogP contribution in [0.1, 0.15) is 19.4 Å². The zero-order chi connectivity index (χ0) is 32.4. The Kier molecular flexibility index (Phi) is 10.3. The summed E-state index contributed by atoms with van der Waals surface area (Å²) in [6.45, 7) is 3.20. The Bertz CT molecular complexity index is 1440. The third-order valence-corrected chi connectivity index (χ3v) is 8.33. The monoisotopic (exact) mass is 649 g/mol. The highest BCUT2D eigenvalue weighted by Crippen LogP contribution is 2.34. The molecule has 0 spiro atoms. The van der Waals surface area contributed by atoms with Crippen molar-refractivity contribution in [1.29, 1.82) is 0 Å². The molecule has 2 aromatic carbocycles. The molecule has 2 aliphatic heterocycles. The number of halogens is 1. The van der Waals surface area contributed by atoms with Gasteiger partial charge in [-0.3, -0.25) is 4.79 Å². The van der Waals surface area contributed by atoms with Gasteiger partial charge in [0, 0.05) is 5.57 Å². The number of phenols is 1. The van der Waals surface area contributed by atoms with Gasteiger partial charge in [0.15, 0.2) is 11.5 Å². The summed E-state index contributed by atoms with van der Waals surface area (Å²) in [5.74, 6) is -0.496. The van der Waals surface area contributed by atoms with Crippen LogP contribution >= 0.6 is 11.6 Å². The minimum absolute atomic E-state index is 0.0365. The molecule has 3 aliphatic rings. The third kappa shape index (κ3) is 7.12. The van der Waals surface area contributed by atoms with Crippen molar-refractivity contribution < 1.29 is 59.1 Å². The van der Waals surface area contributed by atoms with E-state index in [0.717, 1.165) is 0 Å². The molecule has 0 radical (unpaired) electrons. The maximum atomic E-state index is 12.9. The van der Waals surface area contributed by atoms with Gasteiger partial charge in [0.2, 0.25) is 12.2 Å². The Morgan fingerprint density at radius 2 is 1.67 bits per heavy atom. The Labute approximate surface area is 263 Å². The van der Waals surface area contributed by atoms with Crippen LogP contribution in [0.5, 0.6) is 17.2 Å². The van der Waals surface area contributed by atoms with E-state index in [0.29, 0.717) is 21.9 Å². The normalized spacial score (nSPS) is 33.5. The predicted molar refractivity (Wildman–Crippen MR) is 158 cm³/mol. The van der Waals surface area contributed by atoms with Gasteiger partial charge >= 0.3 is 0 Å². The van der Waals surface area contributed by atoms with Crippen LogP contribution in [0.4, 0.5) is 0 Å². The highest BCUT2D eigenvalue weighted by molar-refractivity contribution is 6.32. The third-order valence-electron chi connectivity index (χ3n) is 8.02. The Morgan fingerprint density at radius 1 is 0.956 bits per heavy atom. The van der Waals surface area contributed by atoms with Crippen LogP contribution in [0.15, 0.2) is 59.7 Å². The zero-order valence-corrected chi connectivity index (χ0v) is 25.2. The average molecular weight is 650 g/mol. The molecule has 2 heterocycles. The molecule has 244 valence electrons. The van der Waals surface area contributed by atoms with Gasteiger partial charge in [-0.25, -0.2) is 0 Å². The Hall–Kier alpha value is -3.24. The molecule has 0 bridgehead atoms. The number of rotatable bonds is 9. The topological polar surface area (TPSA) is 197 Å². The number of aliphatic hydroxyl groups is 5. The second kappa shape index (κ2) is 14.0. The molecule has 13 nitrogen and oxygen atoms in total. The van der Waals surface area contributed by atoms with E-state index in [9.17, 15) is 35.4 Å². The van der Waals surface area contributed by atoms with Crippen LogP contribution in [0.2, 0.25) is 5.02 Å². The van der Waals surface area contributed by atoms with Gasteiger partial charge in [-0.1, -0.05) is 29.8 Å². The van der Waals surface area contributed by atoms with Gasteiger partial charge in [0.05, 0.1) is 11.1 Å². The number of amides is 1. The SMILES string of the molecule is CC(=Cc1ccc(O[C@@H]2O[C@H](C(C)=CCOc3ccccc3Cl)[C@@H](O)[C@@H]2O)c(O)c1)C(=O)N[C@@H]1[C@H](O)[C@@H](O)[C@H]2OCO[C@H]2[C@@H]1O. The molecule has 5 rings (SSSR count). The fourth-order valence-corrected chi connectivity index (χ4v) is 5.64. The van der Waals surface area contributed by atoms with E-state index in [1.165, 1.54) is 25.1 Å². The molecule has 0 unspecified atom stereocenters. The van der Waals surface area contributed by atoms with Gasteiger partial charge < -0.3 is 59.6 Å². The van der Waals surface area contributed by atoms with E-state index in [1.807, 2.05) is 0 Å². The van der Waals surface area contributed by atoms with Crippen LogP contribution in [0.3, 0.4) is 0 Å². The summed E-state index contributed by atoms with van der Waals surface area (Å²) in [5, 5.41) is 66.1. The van der Waals surface area contributed by atoms with E-state index in [2.05, 4.69) is 5.32 Å². The molecule has 3 fully saturated rings. The molecule has 1 aliphatic carbocycles. The van der Waals surface area contributed by atoms with E-state index in [1.54, 1.807) is 43.3 Å². The van der Waals surface area contributed by atoms with Crippen molar-refractivity contribution >= 4 is 23.6 Å². The lowest BCUT2D eigenvalue weighted by molar-refractivity contribution is -0.155. The first kappa shape index (κ1) is 33.1. The minimum Gasteiger partial charge on any atom is -0.504 e. The predicted octanol–water partition coefficient (Wildman–Crippen LogP) is 0.622. The van der Waals surface area contributed by atoms with Crippen LogP contribution in [-0.2, 0) is 19.0 Å². The molecule has 10 atom stereocenters. The molecular weight excluding hydrogens is 614 g/mol. The first-order valence-corrected chi connectivity index (χ1v) is 14.7. The number of benzene rings is 2.